The van der Waals surface area contributed by atoms with E-state index in [-0.39, 0.29) is 60.0 Å². The molecule has 1 aliphatic carbocycles. The van der Waals surface area contributed by atoms with Crippen LogP contribution in [0.5, 0.6) is 0 Å². The first-order valence-electron chi connectivity index (χ1n) is 17.5. The first kappa shape index (κ1) is 38.7. The molecule has 0 bridgehead atoms. The average Bonchev–Trinajstić information content (AvgIpc) is 3.05. The topological polar surface area (TPSA) is 30.5 Å². The van der Waals surface area contributed by atoms with Gasteiger partial charge in [0, 0.05) is 35.0 Å². The standard InChI is InChI=1S/C43H53F2NO2.ClH/c1-30-13-11-14-31(2)40(30)36(28-47-26-34-17-7-9-19-38(34)44)25-46-43(23-21-42(5,6)22-24-43)37(41-32(3)15-12-16-33(41)4)29-48-27-35-18-8-10-20-39(35)45;/h7-20,36-37,46H,21-29H2,1-6H3;1H. The Kier molecular flexibility index (Phi) is 13.6. The summed E-state index contributed by atoms with van der Waals surface area (Å²) < 4.78 is 41.9. The van der Waals surface area contributed by atoms with Gasteiger partial charge in [-0.2, -0.15) is 0 Å². The Morgan fingerprint density at radius 3 is 1.55 bits per heavy atom. The monoisotopic (exact) mass is 689 g/mol. The highest BCUT2D eigenvalue weighted by Crippen LogP contribution is 2.48. The lowest BCUT2D eigenvalue weighted by atomic mass is 9.62. The van der Waals surface area contributed by atoms with Crippen LogP contribution in [0.3, 0.4) is 0 Å². The molecule has 0 aromatic heterocycles. The fraction of sp³-hybridized carbons (Fsp3) is 0.442. The van der Waals surface area contributed by atoms with Crippen molar-refractivity contribution in [2.24, 2.45) is 5.41 Å². The molecule has 1 N–H and O–H groups in total. The van der Waals surface area contributed by atoms with Crippen molar-refractivity contribution in [1.82, 2.24) is 5.32 Å². The van der Waals surface area contributed by atoms with Crippen molar-refractivity contribution in [3.8, 4) is 0 Å². The molecule has 0 saturated heterocycles. The summed E-state index contributed by atoms with van der Waals surface area (Å²) in [6.45, 7) is 15.6. The highest BCUT2D eigenvalue weighted by atomic mass is 35.5. The maximum absolute atomic E-state index is 14.6. The Hall–Kier alpha value is -3.09. The molecule has 3 nitrogen and oxygen atoms in total. The van der Waals surface area contributed by atoms with Crippen LogP contribution in [0.25, 0.3) is 0 Å². The van der Waals surface area contributed by atoms with Crippen LogP contribution < -0.4 is 5.32 Å². The van der Waals surface area contributed by atoms with Crippen molar-refractivity contribution in [3.63, 3.8) is 0 Å². The lowest BCUT2D eigenvalue weighted by Gasteiger charge is -2.50. The van der Waals surface area contributed by atoms with Crippen molar-refractivity contribution in [2.75, 3.05) is 19.8 Å². The predicted molar refractivity (Wildman–Crippen MR) is 200 cm³/mol. The molecule has 2 atom stereocenters. The largest absolute Gasteiger partial charge is 0.376 e. The summed E-state index contributed by atoms with van der Waals surface area (Å²) in [5.74, 6) is -0.364. The van der Waals surface area contributed by atoms with E-state index in [1.807, 2.05) is 12.1 Å². The molecule has 0 aliphatic heterocycles. The van der Waals surface area contributed by atoms with Gasteiger partial charge >= 0.3 is 0 Å². The van der Waals surface area contributed by atoms with E-state index < -0.39 is 0 Å². The van der Waals surface area contributed by atoms with Gasteiger partial charge in [-0.25, -0.2) is 8.78 Å². The van der Waals surface area contributed by atoms with Crippen molar-refractivity contribution in [3.05, 3.63) is 141 Å². The predicted octanol–water partition coefficient (Wildman–Crippen LogP) is 10.8. The normalized spacial score (nSPS) is 16.5. The molecule has 0 radical (unpaired) electrons. The minimum absolute atomic E-state index is 0. The Morgan fingerprint density at radius 1 is 0.612 bits per heavy atom. The van der Waals surface area contributed by atoms with Crippen molar-refractivity contribution >= 4 is 12.4 Å². The number of hydrogen-bond donors (Lipinski definition) is 1. The number of benzene rings is 4. The second-order valence-electron chi connectivity index (χ2n) is 14.8. The van der Waals surface area contributed by atoms with Gasteiger partial charge in [0.1, 0.15) is 11.6 Å². The lowest BCUT2D eigenvalue weighted by Crippen LogP contribution is -2.56. The lowest BCUT2D eigenvalue weighted by molar-refractivity contribution is 0.0385. The molecule has 6 heteroatoms. The van der Waals surface area contributed by atoms with Crippen LogP contribution in [0.2, 0.25) is 0 Å². The van der Waals surface area contributed by atoms with Crippen LogP contribution in [0.1, 0.15) is 95.9 Å². The van der Waals surface area contributed by atoms with Gasteiger partial charge in [0.2, 0.25) is 0 Å². The number of aryl methyl sites for hydroxylation is 4. The number of rotatable bonds is 14. The second kappa shape index (κ2) is 17.2. The molecule has 1 saturated carbocycles. The van der Waals surface area contributed by atoms with Crippen molar-refractivity contribution < 1.29 is 18.3 Å². The van der Waals surface area contributed by atoms with Crippen LogP contribution in [0.4, 0.5) is 8.78 Å². The minimum atomic E-state index is -0.248. The molecule has 0 heterocycles. The van der Waals surface area contributed by atoms with E-state index in [0.717, 1.165) is 25.7 Å². The zero-order valence-electron chi connectivity index (χ0n) is 30.1. The van der Waals surface area contributed by atoms with E-state index >= 15 is 0 Å². The highest BCUT2D eigenvalue weighted by Gasteiger charge is 2.45. The molecule has 264 valence electrons. The average molecular weight is 690 g/mol. The van der Waals surface area contributed by atoms with Crippen LogP contribution >= 0.6 is 12.4 Å². The van der Waals surface area contributed by atoms with Crippen LogP contribution in [0.15, 0.2) is 84.9 Å². The van der Waals surface area contributed by atoms with E-state index in [1.165, 1.54) is 45.5 Å². The highest BCUT2D eigenvalue weighted by molar-refractivity contribution is 5.85. The Balaban J connectivity index is 0.00000541. The van der Waals surface area contributed by atoms with Gasteiger partial charge in [-0.1, -0.05) is 86.6 Å². The molecular weight excluding hydrogens is 636 g/mol. The molecule has 1 fully saturated rings. The van der Waals surface area contributed by atoms with Crippen LogP contribution in [-0.2, 0) is 22.7 Å². The first-order valence-corrected chi connectivity index (χ1v) is 17.5. The maximum Gasteiger partial charge on any atom is 0.128 e. The van der Waals surface area contributed by atoms with E-state index in [0.29, 0.717) is 30.9 Å². The maximum atomic E-state index is 14.6. The van der Waals surface area contributed by atoms with Crippen LogP contribution in [-0.4, -0.2) is 25.3 Å². The Morgan fingerprint density at radius 2 is 1.06 bits per heavy atom. The van der Waals surface area contributed by atoms with Gasteiger partial charge in [0.05, 0.1) is 26.4 Å². The third-order valence-electron chi connectivity index (χ3n) is 10.7. The van der Waals surface area contributed by atoms with E-state index in [4.69, 9.17) is 9.47 Å². The van der Waals surface area contributed by atoms with E-state index in [9.17, 15) is 8.78 Å². The van der Waals surface area contributed by atoms with Gasteiger partial charge in [0.15, 0.2) is 0 Å². The summed E-state index contributed by atoms with van der Waals surface area (Å²) >= 11 is 0. The van der Waals surface area contributed by atoms with Crippen LogP contribution in [0, 0.1) is 44.7 Å². The third-order valence-corrected chi connectivity index (χ3v) is 10.7. The summed E-state index contributed by atoms with van der Waals surface area (Å²) in [6, 6.07) is 26.7. The molecule has 4 aromatic rings. The summed E-state index contributed by atoms with van der Waals surface area (Å²) in [6.07, 6.45) is 4.17. The molecular formula is C43H54ClF2NO2. The zero-order valence-corrected chi connectivity index (χ0v) is 30.9. The number of halogens is 3. The number of hydrogen-bond acceptors (Lipinski definition) is 3. The summed E-state index contributed by atoms with van der Waals surface area (Å²) in [4.78, 5) is 0. The minimum Gasteiger partial charge on any atom is -0.376 e. The summed E-state index contributed by atoms with van der Waals surface area (Å²) in [7, 11) is 0. The Bertz CT molecular complexity index is 1620. The summed E-state index contributed by atoms with van der Waals surface area (Å²) in [5.41, 5.74) is 8.71. The molecule has 49 heavy (non-hydrogen) atoms. The van der Waals surface area contributed by atoms with Gasteiger partial charge in [0.25, 0.3) is 0 Å². The number of nitrogens with one attached hydrogen (secondary N) is 1. The van der Waals surface area contributed by atoms with Gasteiger partial charge < -0.3 is 14.8 Å². The van der Waals surface area contributed by atoms with Crippen molar-refractivity contribution in [1.29, 1.82) is 0 Å². The molecule has 0 amide bonds. The molecule has 4 aromatic carbocycles. The quantitative estimate of drug-likeness (QED) is 0.143. The van der Waals surface area contributed by atoms with E-state index in [1.54, 1.807) is 24.3 Å². The molecule has 0 spiro atoms. The van der Waals surface area contributed by atoms with Crippen molar-refractivity contribution in [2.45, 2.75) is 97.8 Å². The number of ether oxygens (including phenoxy) is 2. The van der Waals surface area contributed by atoms with Gasteiger partial charge in [-0.15, -0.1) is 12.4 Å². The van der Waals surface area contributed by atoms with Gasteiger partial charge in [-0.05, 0) is 104 Å². The molecule has 2 unspecified atom stereocenters. The zero-order chi connectivity index (χ0) is 34.3. The molecule has 1 aliphatic rings. The first-order chi connectivity index (χ1) is 23.0. The third kappa shape index (κ3) is 9.58. The van der Waals surface area contributed by atoms with Gasteiger partial charge in [-0.3, -0.25) is 0 Å². The molecule has 5 rings (SSSR count). The fourth-order valence-corrected chi connectivity index (χ4v) is 7.79. The fourth-order valence-electron chi connectivity index (χ4n) is 7.79. The summed E-state index contributed by atoms with van der Waals surface area (Å²) in [5, 5.41) is 4.19. The smallest absolute Gasteiger partial charge is 0.128 e. The SMILES string of the molecule is Cc1cccc(C)c1C(CNC1(C(COCc2ccccc2F)c2c(C)cccc2C)CCC(C)(C)CC1)COCc1ccccc1F.Cl. The Labute approximate surface area is 299 Å². The second-order valence-corrected chi connectivity index (χ2v) is 14.8. The van der Waals surface area contributed by atoms with E-state index in [2.05, 4.69) is 83.3 Å².